The first-order chi connectivity index (χ1) is 13.7. The second kappa shape index (κ2) is 9.84. The monoisotopic (exact) mass is 428 g/mol. The second-order valence-corrected chi connectivity index (χ2v) is 7.24. The van der Waals surface area contributed by atoms with E-state index in [1.54, 1.807) is 0 Å². The molecule has 2 heteroatoms. The molecular formula is C26H21BrO. The van der Waals surface area contributed by atoms with E-state index in [-0.39, 0.29) is 0 Å². The highest BCUT2D eigenvalue weighted by atomic mass is 79.9. The van der Waals surface area contributed by atoms with E-state index in [9.17, 15) is 0 Å². The molecule has 0 amide bonds. The Hall–Kier alpha value is -2.94. The molecule has 0 atom stereocenters. The highest BCUT2D eigenvalue weighted by Crippen LogP contribution is 2.22. The summed E-state index contributed by atoms with van der Waals surface area (Å²) in [6.45, 7) is 4.72. The first-order valence-corrected chi connectivity index (χ1v) is 10.3. The molecule has 0 aliphatic carbocycles. The van der Waals surface area contributed by atoms with Crippen LogP contribution in [0, 0.1) is 37.5 Å². The highest BCUT2D eigenvalue weighted by Gasteiger charge is 2.06. The van der Waals surface area contributed by atoms with Crippen LogP contribution in [0.15, 0.2) is 66.7 Å². The van der Waals surface area contributed by atoms with Crippen LogP contribution in [-0.4, -0.2) is 11.9 Å². The molecule has 0 aromatic heterocycles. The molecule has 0 unspecified atom stereocenters. The largest absolute Gasteiger partial charge is 0.491 e. The fourth-order valence-corrected chi connectivity index (χ4v) is 2.74. The Morgan fingerprint density at radius 3 is 1.86 bits per heavy atom. The van der Waals surface area contributed by atoms with Crippen molar-refractivity contribution in [3.63, 3.8) is 0 Å². The van der Waals surface area contributed by atoms with Gasteiger partial charge in [-0.25, -0.2) is 0 Å². The quantitative estimate of drug-likeness (QED) is 0.373. The lowest BCUT2D eigenvalue weighted by Gasteiger charge is -2.08. The third-order valence-corrected chi connectivity index (χ3v) is 4.46. The van der Waals surface area contributed by atoms with Crippen molar-refractivity contribution >= 4 is 15.9 Å². The number of hydrogen-bond acceptors (Lipinski definition) is 1. The zero-order chi connectivity index (χ0) is 19.8. The summed E-state index contributed by atoms with van der Waals surface area (Å²) in [7, 11) is 0. The van der Waals surface area contributed by atoms with Crippen LogP contribution in [0.1, 0.15) is 33.4 Å². The number of hydrogen-bond donors (Lipinski definition) is 0. The van der Waals surface area contributed by atoms with Crippen LogP contribution < -0.4 is 4.74 Å². The minimum Gasteiger partial charge on any atom is -0.491 e. The molecule has 3 aromatic carbocycles. The molecule has 0 saturated heterocycles. The van der Waals surface area contributed by atoms with E-state index in [0.29, 0.717) is 6.61 Å². The summed E-state index contributed by atoms with van der Waals surface area (Å²) in [5.41, 5.74) is 6.08. The molecule has 0 bridgehead atoms. The summed E-state index contributed by atoms with van der Waals surface area (Å²) in [5.74, 6) is 13.8. The van der Waals surface area contributed by atoms with Crippen molar-refractivity contribution in [3.8, 4) is 29.4 Å². The van der Waals surface area contributed by atoms with Gasteiger partial charge >= 0.3 is 0 Å². The highest BCUT2D eigenvalue weighted by molar-refractivity contribution is 9.09. The van der Waals surface area contributed by atoms with Gasteiger partial charge in [0.05, 0.1) is 12.2 Å². The lowest BCUT2D eigenvalue weighted by Crippen LogP contribution is -2.01. The average Bonchev–Trinajstić information content (AvgIpc) is 2.72. The lowest BCUT2D eigenvalue weighted by molar-refractivity contribution is 0.344. The fraction of sp³-hybridized carbons (Fsp3) is 0.154. The van der Waals surface area contributed by atoms with E-state index in [4.69, 9.17) is 4.74 Å². The van der Waals surface area contributed by atoms with E-state index in [2.05, 4.69) is 77.7 Å². The topological polar surface area (TPSA) is 9.23 Å². The zero-order valence-corrected chi connectivity index (χ0v) is 17.6. The van der Waals surface area contributed by atoms with Gasteiger partial charge in [-0.05, 0) is 50.2 Å². The molecule has 3 rings (SSSR count). The molecule has 0 spiro atoms. The van der Waals surface area contributed by atoms with Gasteiger partial charge in [0, 0.05) is 22.0 Å². The molecule has 0 heterocycles. The van der Waals surface area contributed by atoms with Crippen LogP contribution in [0.4, 0.5) is 0 Å². The molecule has 0 radical (unpaired) electrons. The zero-order valence-electron chi connectivity index (χ0n) is 16.1. The van der Waals surface area contributed by atoms with Crippen molar-refractivity contribution in [1.29, 1.82) is 0 Å². The molecule has 0 saturated carbocycles. The van der Waals surface area contributed by atoms with Gasteiger partial charge in [-0.1, -0.05) is 81.1 Å². The number of halogens is 1. The lowest BCUT2D eigenvalue weighted by atomic mass is 10.0. The predicted molar refractivity (Wildman–Crippen MR) is 120 cm³/mol. The van der Waals surface area contributed by atoms with Crippen LogP contribution >= 0.6 is 15.9 Å². The Kier molecular flexibility index (Phi) is 6.96. The first-order valence-electron chi connectivity index (χ1n) is 9.15. The smallest absolute Gasteiger partial charge is 0.136 e. The number of ether oxygens (including phenoxy) is 1. The molecule has 28 heavy (non-hydrogen) atoms. The van der Waals surface area contributed by atoms with Gasteiger partial charge in [0.2, 0.25) is 0 Å². The van der Waals surface area contributed by atoms with E-state index < -0.39 is 0 Å². The van der Waals surface area contributed by atoms with Crippen molar-refractivity contribution in [2.75, 3.05) is 11.9 Å². The van der Waals surface area contributed by atoms with Gasteiger partial charge < -0.3 is 4.74 Å². The molecule has 0 fully saturated rings. The molecule has 138 valence electrons. The van der Waals surface area contributed by atoms with Crippen LogP contribution in [-0.2, 0) is 0 Å². The molecule has 3 aromatic rings. The maximum absolute atomic E-state index is 5.89. The number of benzene rings is 3. The van der Waals surface area contributed by atoms with E-state index in [1.165, 1.54) is 11.1 Å². The van der Waals surface area contributed by atoms with Gasteiger partial charge in [-0.3, -0.25) is 0 Å². The normalized spacial score (nSPS) is 9.68. The predicted octanol–water partition coefficient (Wildman–Crippen LogP) is 5.88. The molecule has 1 nitrogen and oxygen atoms in total. The van der Waals surface area contributed by atoms with E-state index >= 15 is 0 Å². The first kappa shape index (κ1) is 19.8. The van der Waals surface area contributed by atoms with Gasteiger partial charge in [-0.15, -0.1) is 0 Å². The number of alkyl halides is 1. The summed E-state index contributed by atoms with van der Waals surface area (Å²) >= 11 is 3.41. The standard InChI is InChI=1S/C26H21BrO/c1-20-6-10-22(11-7-20)14-16-24-4-3-5-26(28-19-18-27)25(24)17-15-23-12-8-21(2)9-13-23/h3-13H,18-19H2,1-2H3. The van der Waals surface area contributed by atoms with Crippen LogP contribution in [0.25, 0.3) is 0 Å². The summed E-state index contributed by atoms with van der Waals surface area (Å²) in [5, 5.41) is 0.761. The third-order valence-electron chi connectivity index (χ3n) is 4.14. The average molecular weight is 429 g/mol. The van der Waals surface area contributed by atoms with Crippen LogP contribution in [0.2, 0.25) is 0 Å². The van der Waals surface area contributed by atoms with Crippen molar-refractivity contribution in [2.45, 2.75) is 13.8 Å². The van der Waals surface area contributed by atoms with Crippen molar-refractivity contribution in [2.24, 2.45) is 0 Å². The Bertz CT molecular complexity index is 1060. The Labute approximate surface area is 175 Å². The maximum Gasteiger partial charge on any atom is 0.136 e. The minimum atomic E-state index is 0.577. The van der Waals surface area contributed by atoms with Crippen molar-refractivity contribution in [3.05, 3.63) is 100 Å². The van der Waals surface area contributed by atoms with Crippen LogP contribution in [0.5, 0.6) is 5.75 Å². The summed E-state index contributed by atoms with van der Waals surface area (Å²) in [4.78, 5) is 0. The number of rotatable bonds is 3. The Balaban J connectivity index is 2.00. The van der Waals surface area contributed by atoms with Gasteiger partial charge in [0.15, 0.2) is 0 Å². The fourth-order valence-electron chi connectivity index (χ4n) is 2.58. The SMILES string of the molecule is Cc1ccc(C#Cc2cccc(OCCBr)c2C#Cc2ccc(C)cc2)cc1. The summed E-state index contributed by atoms with van der Waals surface area (Å²) in [6.07, 6.45) is 0. The molecule has 0 aliphatic heterocycles. The molecule has 0 N–H and O–H groups in total. The number of aryl methyl sites for hydroxylation is 2. The van der Waals surface area contributed by atoms with Crippen molar-refractivity contribution < 1.29 is 4.74 Å². The van der Waals surface area contributed by atoms with E-state index in [0.717, 1.165) is 33.3 Å². The molecular weight excluding hydrogens is 408 g/mol. The molecule has 0 aliphatic rings. The third kappa shape index (κ3) is 5.53. The Morgan fingerprint density at radius 2 is 1.29 bits per heavy atom. The van der Waals surface area contributed by atoms with Crippen molar-refractivity contribution in [1.82, 2.24) is 0 Å². The van der Waals surface area contributed by atoms with Gasteiger partial charge in [0.25, 0.3) is 0 Å². The summed E-state index contributed by atoms with van der Waals surface area (Å²) in [6, 6.07) is 22.3. The Morgan fingerprint density at radius 1 is 0.714 bits per heavy atom. The van der Waals surface area contributed by atoms with E-state index in [1.807, 2.05) is 42.5 Å². The minimum absolute atomic E-state index is 0.577. The maximum atomic E-state index is 5.89. The second-order valence-electron chi connectivity index (χ2n) is 6.45. The van der Waals surface area contributed by atoms with Gasteiger partial charge in [-0.2, -0.15) is 0 Å². The van der Waals surface area contributed by atoms with Gasteiger partial charge in [0.1, 0.15) is 5.75 Å². The van der Waals surface area contributed by atoms with Crippen LogP contribution in [0.3, 0.4) is 0 Å². The summed E-state index contributed by atoms with van der Waals surface area (Å²) < 4.78 is 5.89.